The zero-order valence-corrected chi connectivity index (χ0v) is 5.22. The molecular formula is C3H6N2O2S. The number of hydrogen-bond donors (Lipinski definition) is 0. The molecule has 46 valence electrons. The summed E-state index contributed by atoms with van der Waals surface area (Å²) >= 11 is 0. The second-order valence-corrected chi connectivity index (χ2v) is 3.29. The van der Waals surface area contributed by atoms with Gasteiger partial charge in [0.1, 0.15) is 0 Å². The Kier molecular flexibility index (Phi) is 2.37. The van der Waals surface area contributed by atoms with Gasteiger partial charge >= 0.3 is 5.55 Å². The fourth-order valence-electron chi connectivity index (χ4n) is 0.146. The van der Waals surface area contributed by atoms with Gasteiger partial charge in [0.15, 0.2) is 0 Å². The van der Waals surface area contributed by atoms with Crippen molar-refractivity contribution in [3.63, 3.8) is 0 Å². The first-order valence-corrected chi connectivity index (χ1v) is 3.74. The van der Waals surface area contributed by atoms with Gasteiger partial charge in [0.05, 0.1) is 5.75 Å². The topological polar surface area (TPSA) is 70.5 Å². The predicted molar refractivity (Wildman–Crippen MR) is 29.1 cm³/mol. The zero-order valence-electron chi connectivity index (χ0n) is 4.40. The molecule has 0 aliphatic heterocycles. The molecule has 0 unspecified atom stereocenters. The summed E-state index contributed by atoms with van der Waals surface area (Å²) in [5.74, 6) is -0.0307. The molecular weight excluding hydrogens is 128 g/mol. The van der Waals surface area contributed by atoms with E-state index in [0.29, 0.717) is 5.55 Å². The number of rotatable bonds is 2. The van der Waals surface area contributed by atoms with E-state index in [1.807, 2.05) is 0 Å². The molecule has 0 fully saturated rings. The van der Waals surface area contributed by atoms with E-state index in [1.54, 1.807) is 0 Å². The van der Waals surface area contributed by atoms with Crippen LogP contribution in [0.5, 0.6) is 0 Å². The van der Waals surface area contributed by atoms with E-state index < -0.39 is 9.84 Å². The molecule has 0 aromatic carbocycles. The van der Waals surface area contributed by atoms with Crippen molar-refractivity contribution >= 4 is 15.4 Å². The van der Waals surface area contributed by atoms with Crippen LogP contribution in [0.15, 0.2) is 0 Å². The average molecular weight is 134 g/mol. The Labute approximate surface area is 47.7 Å². The Morgan fingerprint density at radius 2 is 2.25 bits per heavy atom. The van der Waals surface area contributed by atoms with Crippen molar-refractivity contribution in [3.8, 4) is 0 Å². The maximum absolute atomic E-state index is 10.3. The van der Waals surface area contributed by atoms with Crippen LogP contribution in [0.25, 0.3) is 5.53 Å². The lowest BCUT2D eigenvalue weighted by molar-refractivity contribution is 0.00755. The molecule has 0 heterocycles. The summed E-state index contributed by atoms with van der Waals surface area (Å²) in [7, 11) is -3.21. The summed E-state index contributed by atoms with van der Waals surface area (Å²) in [6.07, 6.45) is 0. The van der Waals surface area contributed by atoms with Crippen molar-refractivity contribution in [3.05, 3.63) is 5.53 Å². The molecule has 8 heavy (non-hydrogen) atoms. The lowest BCUT2D eigenvalue weighted by Crippen LogP contribution is -2.03. The Morgan fingerprint density at radius 3 is 2.38 bits per heavy atom. The Hall–Kier alpha value is -0.670. The monoisotopic (exact) mass is 134 g/mol. The van der Waals surface area contributed by atoms with Gasteiger partial charge in [0.25, 0.3) is 0 Å². The molecule has 0 N–H and O–H groups in total. The minimum absolute atomic E-state index is 0.0307. The minimum Gasteiger partial charge on any atom is -0.361 e. The molecule has 4 nitrogen and oxygen atoms in total. The highest BCUT2D eigenvalue weighted by atomic mass is 32.2. The maximum Gasteiger partial charge on any atom is 0.370 e. The van der Waals surface area contributed by atoms with Crippen LogP contribution in [0.1, 0.15) is 6.92 Å². The number of nitrogens with zero attached hydrogens (tertiary/aromatic N) is 2. The first-order chi connectivity index (χ1) is 3.62. The van der Waals surface area contributed by atoms with Crippen LogP contribution in [-0.4, -0.2) is 24.5 Å². The van der Waals surface area contributed by atoms with E-state index in [0.717, 1.165) is 0 Å². The van der Waals surface area contributed by atoms with Crippen molar-refractivity contribution in [2.24, 2.45) is 0 Å². The Bertz CT molecular complexity index is 199. The van der Waals surface area contributed by atoms with Crippen molar-refractivity contribution in [2.45, 2.75) is 6.92 Å². The molecule has 0 radical (unpaired) electrons. The van der Waals surface area contributed by atoms with Crippen LogP contribution in [-0.2, 0) is 9.84 Å². The molecule has 0 aromatic heterocycles. The molecule has 0 aliphatic carbocycles. The molecule has 0 rings (SSSR count). The fourth-order valence-corrected chi connectivity index (χ4v) is 0.439. The third-order valence-electron chi connectivity index (χ3n) is 0.610. The number of sulfone groups is 1. The quantitative estimate of drug-likeness (QED) is 0.225. The van der Waals surface area contributed by atoms with Gasteiger partial charge < -0.3 is 5.53 Å². The van der Waals surface area contributed by atoms with E-state index in [1.165, 1.54) is 6.92 Å². The summed E-state index contributed by atoms with van der Waals surface area (Å²) in [5.41, 5.74) is 8.24. The highest BCUT2D eigenvalue weighted by Gasteiger charge is 2.05. The van der Waals surface area contributed by atoms with Gasteiger partial charge in [-0.05, 0) is 0 Å². The van der Waals surface area contributed by atoms with Crippen LogP contribution in [0.2, 0.25) is 0 Å². The van der Waals surface area contributed by atoms with Crippen molar-refractivity contribution in [1.29, 1.82) is 0 Å². The summed E-state index contributed by atoms with van der Waals surface area (Å²) in [6.45, 7) is 1.47. The van der Waals surface area contributed by atoms with Crippen molar-refractivity contribution in [2.75, 3.05) is 5.75 Å². The van der Waals surface area contributed by atoms with Crippen LogP contribution in [0.4, 0.5) is 0 Å². The third-order valence-corrected chi connectivity index (χ3v) is 1.83. The van der Waals surface area contributed by atoms with Gasteiger partial charge in [-0.3, -0.25) is 0 Å². The van der Waals surface area contributed by atoms with Gasteiger partial charge in [-0.1, -0.05) is 6.92 Å². The minimum atomic E-state index is -3.21. The Balaban J connectivity index is 4.41. The highest BCUT2D eigenvalue weighted by molar-refractivity contribution is 8.04. The molecule has 0 atom stereocenters. The number of hydrogen-bond acceptors (Lipinski definition) is 2. The largest absolute Gasteiger partial charge is 0.370 e. The van der Waals surface area contributed by atoms with Gasteiger partial charge in [0.2, 0.25) is 9.84 Å². The lowest BCUT2D eigenvalue weighted by Gasteiger charge is -1.77. The molecule has 0 aromatic rings. The molecule has 5 heteroatoms. The van der Waals surface area contributed by atoms with E-state index in [4.69, 9.17) is 5.53 Å². The second kappa shape index (κ2) is 2.59. The predicted octanol–water partition coefficient (Wildman–Crippen LogP) is -0.321. The first-order valence-electron chi connectivity index (χ1n) is 2.02. The van der Waals surface area contributed by atoms with E-state index in [9.17, 15) is 8.42 Å². The van der Waals surface area contributed by atoms with Crippen molar-refractivity contribution in [1.82, 2.24) is 0 Å². The van der Waals surface area contributed by atoms with E-state index >= 15 is 0 Å². The molecule has 0 aliphatic rings. The van der Waals surface area contributed by atoms with Gasteiger partial charge in [-0.25, -0.2) is 8.42 Å². The van der Waals surface area contributed by atoms with E-state index in [-0.39, 0.29) is 5.75 Å². The third kappa shape index (κ3) is 2.49. The summed E-state index contributed by atoms with van der Waals surface area (Å²) in [5, 5.41) is 0. The summed E-state index contributed by atoms with van der Waals surface area (Å²) in [6, 6.07) is 0. The summed E-state index contributed by atoms with van der Waals surface area (Å²) < 4.78 is 20.6. The van der Waals surface area contributed by atoms with Crippen LogP contribution in [0, 0.1) is 0 Å². The fraction of sp³-hybridized carbons (Fsp3) is 0.667. The lowest BCUT2D eigenvalue weighted by atomic mass is 11.0. The second-order valence-electron chi connectivity index (χ2n) is 1.17. The molecule has 0 saturated heterocycles. The van der Waals surface area contributed by atoms with E-state index in [2.05, 4.69) is 4.79 Å². The highest BCUT2D eigenvalue weighted by Crippen LogP contribution is 1.78. The van der Waals surface area contributed by atoms with Crippen LogP contribution < -0.4 is 0 Å². The van der Waals surface area contributed by atoms with Gasteiger partial charge in [0, 0.05) is 0 Å². The molecule has 0 spiro atoms. The standard InChI is InChI=1S/C3H6N2O2S/c1-2-8(6,7)3-5-4/h3H,2H2,1H3. The maximum atomic E-state index is 10.3. The van der Waals surface area contributed by atoms with Crippen LogP contribution in [0.3, 0.4) is 0 Å². The Morgan fingerprint density at radius 1 is 1.75 bits per heavy atom. The molecule has 0 saturated carbocycles. The van der Waals surface area contributed by atoms with Gasteiger partial charge in [-0.2, -0.15) is 4.79 Å². The molecule has 0 amide bonds. The normalized spacial score (nSPS) is 10.1. The smallest absolute Gasteiger partial charge is 0.361 e. The van der Waals surface area contributed by atoms with Crippen LogP contribution >= 0.6 is 0 Å². The average Bonchev–Trinajstić information content (AvgIpc) is 1.67. The molecule has 0 bridgehead atoms. The van der Waals surface area contributed by atoms with Crippen molar-refractivity contribution < 1.29 is 13.2 Å². The van der Waals surface area contributed by atoms with Gasteiger partial charge in [-0.15, -0.1) is 0 Å². The first kappa shape index (κ1) is 7.33. The summed E-state index contributed by atoms with van der Waals surface area (Å²) in [4.78, 5) is 2.37. The zero-order chi connectivity index (χ0) is 6.62. The SMILES string of the molecule is CCS(=O)(=O)C=[N+]=[N-].